The summed E-state index contributed by atoms with van der Waals surface area (Å²) in [4.78, 5) is 34.4. The highest BCUT2D eigenvalue weighted by atomic mass is 32.2. The summed E-state index contributed by atoms with van der Waals surface area (Å²) in [5, 5.41) is 13.1. The Kier molecular flexibility index (Phi) is 6.50. The molecule has 1 aliphatic heterocycles. The average Bonchev–Trinajstić information content (AvgIpc) is 2.61. The Morgan fingerprint density at radius 2 is 1.81 bits per heavy atom. The van der Waals surface area contributed by atoms with E-state index in [1.807, 2.05) is 0 Å². The van der Waals surface area contributed by atoms with Gasteiger partial charge in [0.2, 0.25) is 10.0 Å². The third-order valence-corrected chi connectivity index (χ3v) is 5.57. The highest BCUT2D eigenvalue weighted by molar-refractivity contribution is 7.88. The molecule has 1 N–H and O–H groups in total. The number of nitro groups is 1. The summed E-state index contributed by atoms with van der Waals surface area (Å²) in [6.07, 6.45) is 0.738. The van der Waals surface area contributed by atoms with Crippen molar-refractivity contribution in [3.8, 4) is 0 Å². The highest BCUT2D eigenvalue weighted by Gasteiger charge is 2.31. The number of nitrogens with zero attached hydrogens (tertiary/aromatic N) is 2. The van der Waals surface area contributed by atoms with E-state index >= 15 is 0 Å². The van der Waals surface area contributed by atoms with Gasteiger partial charge in [-0.2, -0.15) is 0 Å². The van der Waals surface area contributed by atoms with Crippen molar-refractivity contribution in [2.75, 3.05) is 24.7 Å². The first-order valence-corrected chi connectivity index (χ1v) is 10.1. The first-order valence-electron chi connectivity index (χ1n) is 8.29. The monoisotopic (exact) mass is 399 g/mol. The van der Waals surface area contributed by atoms with Crippen LogP contribution in [-0.4, -0.2) is 55.0 Å². The quantitative estimate of drug-likeness (QED) is 0.430. The molecule has 1 saturated heterocycles. The van der Waals surface area contributed by atoms with Crippen molar-refractivity contribution in [3.63, 3.8) is 0 Å². The largest absolute Gasteiger partial charge is 0.452 e. The van der Waals surface area contributed by atoms with Crippen molar-refractivity contribution < 1.29 is 27.7 Å². The summed E-state index contributed by atoms with van der Waals surface area (Å²) in [6, 6.07) is 5.26. The van der Waals surface area contributed by atoms with Gasteiger partial charge in [-0.1, -0.05) is 0 Å². The van der Waals surface area contributed by atoms with Crippen molar-refractivity contribution in [2.24, 2.45) is 5.92 Å². The van der Waals surface area contributed by atoms with E-state index in [0.717, 1.165) is 6.26 Å². The standard InChI is InChI=1S/C16H21N3O7S/c1-11(15(20)17-13-3-5-14(6-4-13)19(22)23)26-16(21)12-7-9-18(10-8-12)27(2,24)25/h3-6,11-12H,7-10H2,1-2H3,(H,17,20). The molecule has 1 amide bonds. The molecule has 0 aliphatic carbocycles. The fourth-order valence-electron chi connectivity index (χ4n) is 2.66. The smallest absolute Gasteiger partial charge is 0.309 e. The Labute approximate surface area is 156 Å². The molecular weight excluding hydrogens is 378 g/mol. The fourth-order valence-corrected chi connectivity index (χ4v) is 3.53. The molecular formula is C16H21N3O7S. The van der Waals surface area contributed by atoms with Gasteiger partial charge < -0.3 is 10.1 Å². The minimum atomic E-state index is -3.28. The zero-order valence-corrected chi connectivity index (χ0v) is 15.8. The lowest BCUT2D eigenvalue weighted by molar-refractivity contribution is -0.384. The number of esters is 1. The number of carbonyl (C=O) groups excluding carboxylic acids is 2. The van der Waals surface area contributed by atoms with Crippen LogP contribution >= 0.6 is 0 Å². The van der Waals surface area contributed by atoms with Crippen LogP contribution in [0.4, 0.5) is 11.4 Å². The van der Waals surface area contributed by atoms with E-state index in [4.69, 9.17) is 4.74 Å². The van der Waals surface area contributed by atoms with Crippen LogP contribution in [0.25, 0.3) is 0 Å². The molecule has 10 nitrogen and oxygen atoms in total. The first kappa shape index (κ1) is 20.8. The molecule has 27 heavy (non-hydrogen) atoms. The molecule has 0 radical (unpaired) electrons. The van der Waals surface area contributed by atoms with Gasteiger partial charge in [0.15, 0.2) is 6.10 Å². The van der Waals surface area contributed by atoms with E-state index in [2.05, 4.69) is 5.32 Å². The molecule has 0 aromatic heterocycles. The number of piperidine rings is 1. The Balaban J connectivity index is 1.85. The molecule has 2 rings (SSSR count). The van der Waals surface area contributed by atoms with E-state index < -0.39 is 38.8 Å². The lowest BCUT2D eigenvalue weighted by atomic mass is 9.98. The SMILES string of the molecule is CC(OC(=O)C1CCN(S(C)(=O)=O)CC1)C(=O)Nc1ccc([N+](=O)[O-])cc1. The maximum absolute atomic E-state index is 12.2. The second-order valence-corrected chi connectivity index (χ2v) is 8.29. The zero-order chi connectivity index (χ0) is 20.2. The minimum Gasteiger partial charge on any atom is -0.452 e. The lowest BCUT2D eigenvalue weighted by Crippen LogP contribution is -2.41. The third kappa shape index (κ3) is 5.73. The van der Waals surface area contributed by atoms with Crippen LogP contribution in [-0.2, 0) is 24.3 Å². The predicted octanol–water partition coefficient (Wildman–Crippen LogP) is 1.14. The van der Waals surface area contributed by atoms with E-state index in [1.54, 1.807) is 0 Å². The van der Waals surface area contributed by atoms with Gasteiger partial charge in [0.05, 0.1) is 17.1 Å². The zero-order valence-electron chi connectivity index (χ0n) is 15.0. The number of benzene rings is 1. The van der Waals surface area contributed by atoms with Crippen LogP contribution in [0.5, 0.6) is 0 Å². The second kappa shape index (κ2) is 8.44. The molecule has 1 aromatic rings. The summed E-state index contributed by atoms with van der Waals surface area (Å²) in [5.74, 6) is -1.57. The number of non-ortho nitro benzene ring substituents is 1. The summed E-state index contributed by atoms with van der Waals surface area (Å²) in [6.45, 7) is 1.90. The van der Waals surface area contributed by atoms with Crippen LogP contribution in [0.15, 0.2) is 24.3 Å². The molecule has 0 spiro atoms. The molecule has 1 fully saturated rings. The number of hydrogen-bond donors (Lipinski definition) is 1. The van der Waals surface area contributed by atoms with Crippen molar-refractivity contribution in [3.05, 3.63) is 34.4 Å². The maximum atomic E-state index is 12.2. The number of nitro benzene ring substituents is 1. The van der Waals surface area contributed by atoms with Gasteiger partial charge in [-0.05, 0) is 31.9 Å². The normalized spacial score (nSPS) is 17.1. The third-order valence-electron chi connectivity index (χ3n) is 4.26. The van der Waals surface area contributed by atoms with E-state index in [1.165, 1.54) is 35.5 Å². The molecule has 1 heterocycles. The Hall–Kier alpha value is -2.53. The van der Waals surface area contributed by atoms with Crippen LogP contribution in [0.2, 0.25) is 0 Å². The molecule has 1 aliphatic rings. The number of hydrogen-bond acceptors (Lipinski definition) is 7. The molecule has 1 atom stereocenters. The molecule has 0 saturated carbocycles. The number of nitrogens with one attached hydrogen (secondary N) is 1. The van der Waals surface area contributed by atoms with Gasteiger partial charge in [0, 0.05) is 30.9 Å². The lowest BCUT2D eigenvalue weighted by Gasteiger charge is -2.29. The number of carbonyl (C=O) groups is 2. The van der Waals surface area contributed by atoms with Crippen molar-refractivity contribution >= 4 is 33.3 Å². The average molecular weight is 399 g/mol. The number of rotatable bonds is 6. The number of anilines is 1. The van der Waals surface area contributed by atoms with Gasteiger partial charge in [0.25, 0.3) is 11.6 Å². The van der Waals surface area contributed by atoms with E-state index in [-0.39, 0.29) is 18.8 Å². The van der Waals surface area contributed by atoms with E-state index in [9.17, 15) is 28.1 Å². The number of ether oxygens (including phenoxy) is 1. The van der Waals surface area contributed by atoms with Gasteiger partial charge in [-0.3, -0.25) is 19.7 Å². The Morgan fingerprint density at radius 3 is 2.30 bits per heavy atom. The Morgan fingerprint density at radius 1 is 1.26 bits per heavy atom. The number of sulfonamides is 1. The van der Waals surface area contributed by atoms with Gasteiger partial charge >= 0.3 is 5.97 Å². The summed E-state index contributed by atoms with van der Waals surface area (Å²) < 4.78 is 29.4. The molecule has 148 valence electrons. The van der Waals surface area contributed by atoms with Gasteiger partial charge in [0.1, 0.15) is 0 Å². The van der Waals surface area contributed by atoms with Gasteiger partial charge in [-0.25, -0.2) is 12.7 Å². The van der Waals surface area contributed by atoms with Crippen LogP contribution in [0, 0.1) is 16.0 Å². The second-order valence-electron chi connectivity index (χ2n) is 6.31. The number of amides is 1. The van der Waals surface area contributed by atoms with Crippen molar-refractivity contribution in [1.29, 1.82) is 0 Å². The molecule has 1 unspecified atom stereocenters. The van der Waals surface area contributed by atoms with Crippen LogP contribution < -0.4 is 5.32 Å². The van der Waals surface area contributed by atoms with Crippen molar-refractivity contribution in [2.45, 2.75) is 25.9 Å². The maximum Gasteiger partial charge on any atom is 0.309 e. The summed E-state index contributed by atoms with van der Waals surface area (Å²) >= 11 is 0. The first-order chi connectivity index (χ1) is 12.6. The van der Waals surface area contributed by atoms with Crippen LogP contribution in [0.3, 0.4) is 0 Å². The van der Waals surface area contributed by atoms with Crippen LogP contribution in [0.1, 0.15) is 19.8 Å². The van der Waals surface area contributed by atoms with Gasteiger partial charge in [-0.15, -0.1) is 0 Å². The van der Waals surface area contributed by atoms with E-state index in [0.29, 0.717) is 18.5 Å². The fraction of sp³-hybridized carbons (Fsp3) is 0.500. The topological polar surface area (TPSA) is 136 Å². The Bertz CT molecular complexity index is 815. The highest BCUT2D eigenvalue weighted by Crippen LogP contribution is 2.21. The summed E-state index contributed by atoms with van der Waals surface area (Å²) in [7, 11) is -3.28. The molecule has 1 aromatic carbocycles. The minimum absolute atomic E-state index is 0.104. The summed E-state index contributed by atoms with van der Waals surface area (Å²) in [5.41, 5.74) is 0.239. The predicted molar refractivity (Wildman–Crippen MR) is 96.4 cm³/mol. The van der Waals surface area contributed by atoms with Crippen molar-refractivity contribution in [1.82, 2.24) is 4.31 Å². The molecule has 0 bridgehead atoms. The molecule has 11 heteroatoms.